The quantitative estimate of drug-likeness (QED) is 0.629. The molecule has 1 aliphatic rings. The molecule has 2 N–H and O–H groups in total. The predicted octanol–water partition coefficient (Wildman–Crippen LogP) is 4.73. The number of nitrogens with zero attached hydrogens (tertiary/aromatic N) is 1. The largest absolute Gasteiger partial charge is 0.397 e. The average molecular weight is 287 g/mol. The third-order valence-corrected chi connectivity index (χ3v) is 4.54. The van der Waals surface area contributed by atoms with E-state index < -0.39 is 0 Å². The first kappa shape index (κ1) is 13.8. The summed E-state index contributed by atoms with van der Waals surface area (Å²) < 4.78 is 0. The van der Waals surface area contributed by atoms with Gasteiger partial charge in [-0.3, -0.25) is 0 Å². The molecule has 0 bridgehead atoms. The fourth-order valence-corrected chi connectivity index (χ4v) is 3.03. The Morgan fingerprint density at radius 2 is 1.61 bits per heavy atom. The molecular weight excluding hydrogens is 267 g/mol. The van der Waals surface area contributed by atoms with Crippen LogP contribution in [0.4, 0.5) is 11.4 Å². The van der Waals surface area contributed by atoms with E-state index in [0.717, 1.165) is 5.69 Å². The summed E-state index contributed by atoms with van der Waals surface area (Å²) in [5.74, 6) is 0. The van der Waals surface area contributed by atoms with E-state index in [1.807, 2.05) is 6.07 Å². The maximum Gasteiger partial charge on any atom is 0.0615 e. The van der Waals surface area contributed by atoms with Crippen LogP contribution in [0, 0.1) is 0 Å². The maximum absolute atomic E-state index is 6.09. The second-order valence-electron chi connectivity index (χ2n) is 5.08. The first-order valence-electron chi connectivity index (χ1n) is 6.57. The van der Waals surface area contributed by atoms with Gasteiger partial charge in [0, 0.05) is 13.1 Å². The summed E-state index contributed by atoms with van der Waals surface area (Å²) >= 11 is 12.1. The van der Waals surface area contributed by atoms with Gasteiger partial charge in [-0.2, -0.15) is 0 Å². The van der Waals surface area contributed by atoms with Crippen molar-refractivity contribution in [3.63, 3.8) is 0 Å². The number of nitrogens with two attached hydrogens (primary N) is 1. The summed E-state index contributed by atoms with van der Waals surface area (Å²) in [5.41, 5.74) is 7.75. The van der Waals surface area contributed by atoms with Gasteiger partial charge in [-0.15, -0.1) is 0 Å². The Labute approximate surface area is 119 Å². The van der Waals surface area contributed by atoms with Crippen molar-refractivity contribution in [1.29, 1.82) is 0 Å². The molecule has 0 unspecified atom stereocenters. The van der Waals surface area contributed by atoms with Gasteiger partial charge in [-0.1, -0.05) is 48.9 Å². The molecule has 2 nitrogen and oxygen atoms in total. The molecule has 4 heteroatoms. The molecule has 1 aliphatic carbocycles. The number of hydrogen-bond donors (Lipinski definition) is 1. The minimum absolute atomic E-state index is 0.521. The van der Waals surface area contributed by atoms with Crippen LogP contribution in [-0.4, -0.2) is 13.1 Å². The SMILES string of the molecule is CN(c1cc(Cl)c(Cl)cc1N)C1CCCCCC1. The third kappa shape index (κ3) is 3.04. The highest BCUT2D eigenvalue weighted by atomic mass is 35.5. The lowest BCUT2D eigenvalue weighted by Crippen LogP contribution is -2.31. The van der Waals surface area contributed by atoms with Crippen LogP contribution in [0.25, 0.3) is 0 Å². The fraction of sp³-hybridized carbons (Fsp3) is 0.571. The molecule has 2 rings (SSSR count). The molecular formula is C14H20Cl2N2. The predicted molar refractivity (Wildman–Crippen MR) is 80.8 cm³/mol. The first-order valence-corrected chi connectivity index (χ1v) is 7.32. The summed E-state index contributed by atoms with van der Waals surface area (Å²) in [7, 11) is 2.10. The molecule has 1 aromatic carbocycles. The normalized spacial score (nSPS) is 17.5. The Morgan fingerprint density at radius 1 is 1.06 bits per heavy atom. The zero-order valence-corrected chi connectivity index (χ0v) is 12.3. The van der Waals surface area contributed by atoms with Crippen LogP contribution in [0.1, 0.15) is 38.5 Å². The third-order valence-electron chi connectivity index (χ3n) is 3.82. The smallest absolute Gasteiger partial charge is 0.0615 e. The lowest BCUT2D eigenvalue weighted by molar-refractivity contribution is 0.553. The van der Waals surface area contributed by atoms with Crippen LogP contribution in [-0.2, 0) is 0 Å². The Morgan fingerprint density at radius 3 is 2.22 bits per heavy atom. The van der Waals surface area contributed by atoms with Gasteiger partial charge in [0.05, 0.1) is 21.4 Å². The van der Waals surface area contributed by atoms with Gasteiger partial charge in [0.15, 0.2) is 0 Å². The Kier molecular flexibility index (Phi) is 4.63. The van der Waals surface area contributed by atoms with Crippen molar-refractivity contribution in [2.75, 3.05) is 17.7 Å². The van der Waals surface area contributed by atoms with E-state index in [4.69, 9.17) is 28.9 Å². The van der Waals surface area contributed by atoms with Gasteiger partial charge in [0.2, 0.25) is 0 Å². The van der Waals surface area contributed by atoms with Crippen LogP contribution in [0.2, 0.25) is 10.0 Å². The second kappa shape index (κ2) is 6.03. The lowest BCUT2D eigenvalue weighted by Gasteiger charge is -2.30. The van der Waals surface area contributed by atoms with E-state index in [1.54, 1.807) is 6.07 Å². The summed E-state index contributed by atoms with van der Waals surface area (Å²) in [6.07, 6.45) is 7.77. The van der Waals surface area contributed by atoms with Crippen molar-refractivity contribution in [3.8, 4) is 0 Å². The number of rotatable bonds is 2. The number of hydrogen-bond acceptors (Lipinski definition) is 2. The van der Waals surface area contributed by atoms with Gasteiger partial charge in [-0.05, 0) is 25.0 Å². The van der Waals surface area contributed by atoms with Crippen molar-refractivity contribution in [1.82, 2.24) is 0 Å². The van der Waals surface area contributed by atoms with Crippen molar-refractivity contribution in [2.45, 2.75) is 44.6 Å². The molecule has 0 spiro atoms. The van der Waals surface area contributed by atoms with Crippen LogP contribution < -0.4 is 10.6 Å². The van der Waals surface area contributed by atoms with Gasteiger partial charge >= 0.3 is 0 Å². The zero-order valence-electron chi connectivity index (χ0n) is 10.8. The van der Waals surface area contributed by atoms with Crippen LogP contribution in [0.5, 0.6) is 0 Å². The van der Waals surface area contributed by atoms with Gasteiger partial charge in [-0.25, -0.2) is 0 Å². The molecule has 18 heavy (non-hydrogen) atoms. The highest BCUT2D eigenvalue weighted by molar-refractivity contribution is 6.42. The molecule has 1 fully saturated rings. The van der Waals surface area contributed by atoms with Crippen molar-refractivity contribution in [3.05, 3.63) is 22.2 Å². The first-order chi connectivity index (χ1) is 8.59. The minimum atomic E-state index is 0.521. The molecule has 0 amide bonds. The zero-order chi connectivity index (χ0) is 13.1. The number of anilines is 2. The van der Waals surface area contributed by atoms with E-state index in [9.17, 15) is 0 Å². The Balaban J connectivity index is 2.21. The van der Waals surface area contributed by atoms with E-state index in [2.05, 4.69) is 11.9 Å². The summed E-state index contributed by atoms with van der Waals surface area (Å²) in [5, 5.41) is 1.09. The number of nitrogen functional groups attached to an aromatic ring is 1. The topological polar surface area (TPSA) is 29.3 Å². The Bertz CT molecular complexity index is 413. The molecule has 0 atom stereocenters. The molecule has 0 heterocycles. The van der Waals surface area contributed by atoms with Gasteiger partial charge in [0.25, 0.3) is 0 Å². The van der Waals surface area contributed by atoms with E-state index in [-0.39, 0.29) is 0 Å². The van der Waals surface area contributed by atoms with E-state index in [1.165, 1.54) is 38.5 Å². The molecule has 1 saturated carbocycles. The van der Waals surface area contributed by atoms with Crippen LogP contribution in [0.3, 0.4) is 0 Å². The van der Waals surface area contributed by atoms with Crippen molar-refractivity contribution < 1.29 is 0 Å². The molecule has 0 aliphatic heterocycles. The Hall–Kier alpha value is -0.600. The van der Waals surface area contributed by atoms with E-state index in [0.29, 0.717) is 21.8 Å². The highest BCUT2D eigenvalue weighted by Gasteiger charge is 2.19. The highest BCUT2D eigenvalue weighted by Crippen LogP contribution is 2.35. The second-order valence-corrected chi connectivity index (χ2v) is 5.90. The lowest BCUT2D eigenvalue weighted by atomic mass is 10.1. The van der Waals surface area contributed by atoms with Gasteiger partial charge < -0.3 is 10.6 Å². The molecule has 0 aromatic heterocycles. The monoisotopic (exact) mass is 286 g/mol. The number of halogens is 2. The molecule has 1 aromatic rings. The summed E-state index contributed by atoms with van der Waals surface area (Å²) in [6.45, 7) is 0. The summed E-state index contributed by atoms with van der Waals surface area (Å²) in [6, 6.07) is 4.18. The van der Waals surface area contributed by atoms with Gasteiger partial charge in [0.1, 0.15) is 0 Å². The minimum Gasteiger partial charge on any atom is -0.397 e. The maximum atomic E-state index is 6.09. The van der Waals surface area contributed by atoms with Crippen LogP contribution >= 0.6 is 23.2 Å². The molecule has 0 radical (unpaired) electrons. The van der Waals surface area contributed by atoms with E-state index >= 15 is 0 Å². The van der Waals surface area contributed by atoms with Crippen molar-refractivity contribution in [2.24, 2.45) is 0 Å². The van der Waals surface area contributed by atoms with Crippen molar-refractivity contribution >= 4 is 34.6 Å². The van der Waals surface area contributed by atoms with Crippen LogP contribution in [0.15, 0.2) is 12.1 Å². The fourth-order valence-electron chi connectivity index (χ4n) is 2.70. The molecule has 100 valence electrons. The standard InChI is InChI=1S/C14H20Cl2N2/c1-18(10-6-4-2-3-5-7-10)14-9-12(16)11(15)8-13(14)17/h8-10H,2-7,17H2,1H3. The average Bonchev–Trinajstić information content (AvgIpc) is 2.61. The summed E-state index contributed by atoms with van der Waals surface area (Å²) in [4.78, 5) is 2.27. The molecule has 0 saturated heterocycles. The number of benzene rings is 1.